The summed E-state index contributed by atoms with van der Waals surface area (Å²) in [5.41, 5.74) is 1.93. The van der Waals surface area contributed by atoms with Crippen molar-refractivity contribution in [1.29, 1.82) is 0 Å². The van der Waals surface area contributed by atoms with Crippen LogP contribution in [0, 0.1) is 6.92 Å². The summed E-state index contributed by atoms with van der Waals surface area (Å²) in [6, 6.07) is 6.03. The van der Waals surface area contributed by atoms with E-state index in [9.17, 15) is 5.11 Å². The third-order valence-electron chi connectivity index (χ3n) is 2.88. The predicted octanol–water partition coefficient (Wildman–Crippen LogP) is 2.79. The Labute approximate surface area is 97.0 Å². The van der Waals surface area contributed by atoms with Gasteiger partial charge in [0.1, 0.15) is 11.3 Å². The van der Waals surface area contributed by atoms with E-state index in [2.05, 4.69) is 37.6 Å². The number of phenolic OH excluding ortho intramolecular Hbond substituents is 1. The van der Waals surface area contributed by atoms with Crippen molar-refractivity contribution in [3.63, 3.8) is 0 Å². The van der Waals surface area contributed by atoms with E-state index < -0.39 is 8.07 Å². The minimum absolute atomic E-state index is 0.375. The van der Waals surface area contributed by atoms with Gasteiger partial charge in [0.15, 0.2) is 0 Å². The molecule has 2 aromatic rings. The van der Waals surface area contributed by atoms with E-state index in [0.717, 1.165) is 16.1 Å². The number of phenols is 1. The Morgan fingerprint density at radius 1 is 1.25 bits per heavy atom. The fourth-order valence-corrected chi connectivity index (χ4v) is 3.45. The predicted molar refractivity (Wildman–Crippen MR) is 71.1 cm³/mol. The van der Waals surface area contributed by atoms with Crippen LogP contribution in [0.25, 0.3) is 10.9 Å². The molecule has 16 heavy (non-hydrogen) atoms. The van der Waals surface area contributed by atoms with Crippen molar-refractivity contribution in [3.05, 3.63) is 30.0 Å². The van der Waals surface area contributed by atoms with Gasteiger partial charge in [-0.15, -0.1) is 0 Å². The number of hydrogen-bond acceptors (Lipinski definition) is 2. The molecule has 0 amide bonds. The number of hydrogen-bond donors (Lipinski definition) is 1. The molecule has 1 aromatic heterocycles. The summed E-state index contributed by atoms with van der Waals surface area (Å²) in [6.45, 7) is 8.77. The first-order chi connectivity index (χ1) is 7.41. The molecule has 0 aliphatic rings. The molecule has 0 unspecified atom stereocenters. The second-order valence-electron chi connectivity index (χ2n) is 5.24. The van der Waals surface area contributed by atoms with E-state index in [1.165, 1.54) is 5.56 Å². The zero-order chi connectivity index (χ0) is 11.9. The third-order valence-corrected chi connectivity index (χ3v) is 4.88. The largest absolute Gasteiger partial charge is 0.506 e. The van der Waals surface area contributed by atoms with Crippen LogP contribution in [0.3, 0.4) is 0 Å². The Bertz CT molecular complexity index is 543. The number of aromatic hydroxyl groups is 1. The van der Waals surface area contributed by atoms with Crippen LogP contribution in [0.2, 0.25) is 19.6 Å². The lowest BCUT2D eigenvalue weighted by molar-refractivity contribution is 0.484. The van der Waals surface area contributed by atoms with Crippen LogP contribution >= 0.6 is 0 Å². The minimum Gasteiger partial charge on any atom is -0.506 e. The molecule has 0 aliphatic heterocycles. The summed E-state index contributed by atoms with van der Waals surface area (Å²) < 4.78 is 0. The van der Waals surface area contributed by atoms with Crippen molar-refractivity contribution < 1.29 is 5.11 Å². The summed E-state index contributed by atoms with van der Waals surface area (Å²) >= 11 is 0. The van der Waals surface area contributed by atoms with Crippen molar-refractivity contribution in [3.8, 4) is 5.75 Å². The first-order valence-electron chi connectivity index (χ1n) is 5.49. The molecule has 1 N–H and O–H groups in total. The average molecular weight is 231 g/mol. The zero-order valence-electron chi connectivity index (χ0n) is 10.2. The van der Waals surface area contributed by atoms with Gasteiger partial charge in [0.25, 0.3) is 0 Å². The van der Waals surface area contributed by atoms with Crippen molar-refractivity contribution in [2.75, 3.05) is 0 Å². The molecule has 0 radical (unpaired) electrons. The summed E-state index contributed by atoms with van der Waals surface area (Å²) in [6.07, 6.45) is 1.73. The molecule has 0 spiro atoms. The molecule has 1 aromatic carbocycles. The van der Waals surface area contributed by atoms with Crippen LogP contribution in [0.4, 0.5) is 0 Å². The number of rotatable bonds is 1. The van der Waals surface area contributed by atoms with Gasteiger partial charge in [-0.3, -0.25) is 4.98 Å². The maximum Gasteiger partial charge on any atom is 0.141 e. The van der Waals surface area contributed by atoms with E-state index in [1.54, 1.807) is 6.20 Å². The number of pyridine rings is 1. The second kappa shape index (κ2) is 3.59. The molecular weight excluding hydrogens is 214 g/mol. The van der Waals surface area contributed by atoms with Crippen LogP contribution in [-0.2, 0) is 0 Å². The van der Waals surface area contributed by atoms with E-state index in [1.807, 2.05) is 12.1 Å². The third kappa shape index (κ3) is 1.71. The molecule has 0 saturated heterocycles. The molecule has 3 heteroatoms. The number of fused-ring (bicyclic) bond motifs is 1. The Kier molecular flexibility index (Phi) is 2.50. The summed E-state index contributed by atoms with van der Waals surface area (Å²) in [4.78, 5) is 4.29. The first kappa shape index (κ1) is 11.1. The van der Waals surface area contributed by atoms with Gasteiger partial charge in [-0.25, -0.2) is 0 Å². The van der Waals surface area contributed by atoms with E-state index in [4.69, 9.17) is 0 Å². The van der Waals surface area contributed by atoms with Gasteiger partial charge in [-0.2, -0.15) is 0 Å². The summed E-state index contributed by atoms with van der Waals surface area (Å²) in [7, 11) is -1.52. The van der Waals surface area contributed by atoms with Gasteiger partial charge >= 0.3 is 0 Å². The maximum absolute atomic E-state index is 10.3. The van der Waals surface area contributed by atoms with Crippen LogP contribution in [0.1, 0.15) is 5.56 Å². The first-order valence-corrected chi connectivity index (χ1v) is 8.99. The van der Waals surface area contributed by atoms with Gasteiger partial charge in [0.05, 0.1) is 8.07 Å². The molecule has 0 saturated carbocycles. The monoisotopic (exact) mass is 231 g/mol. The molecule has 2 rings (SSSR count). The van der Waals surface area contributed by atoms with E-state index in [-0.39, 0.29) is 0 Å². The Hall–Kier alpha value is -1.35. The highest BCUT2D eigenvalue weighted by molar-refractivity contribution is 6.89. The minimum atomic E-state index is -1.52. The maximum atomic E-state index is 10.3. The zero-order valence-corrected chi connectivity index (χ0v) is 11.2. The Morgan fingerprint density at radius 3 is 2.56 bits per heavy atom. The summed E-state index contributed by atoms with van der Waals surface area (Å²) in [5.74, 6) is 0.375. The molecule has 0 aliphatic carbocycles. The quantitative estimate of drug-likeness (QED) is 0.766. The average Bonchev–Trinajstić information content (AvgIpc) is 2.22. The van der Waals surface area contributed by atoms with Crippen LogP contribution in [0.15, 0.2) is 24.4 Å². The molecular formula is C13H17NOSi. The molecule has 84 valence electrons. The molecule has 0 atom stereocenters. The second-order valence-corrected chi connectivity index (χ2v) is 10.3. The van der Waals surface area contributed by atoms with E-state index >= 15 is 0 Å². The smallest absolute Gasteiger partial charge is 0.141 e. The fourth-order valence-electron chi connectivity index (χ4n) is 1.97. The highest BCUT2D eigenvalue weighted by atomic mass is 28.3. The fraction of sp³-hybridized carbons (Fsp3) is 0.308. The Balaban J connectivity index is 2.86. The highest BCUT2D eigenvalue weighted by Gasteiger charge is 2.23. The number of benzene rings is 1. The molecule has 2 nitrogen and oxygen atoms in total. The topological polar surface area (TPSA) is 33.1 Å². The lowest BCUT2D eigenvalue weighted by Gasteiger charge is -2.20. The van der Waals surface area contributed by atoms with Crippen LogP contribution < -0.4 is 5.19 Å². The van der Waals surface area contributed by atoms with Gasteiger partial charge in [0.2, 0.25) is 0 Å². The van der Waals surface area contributed by atoms with Crippen LogP contribution in [-0.4, -0.2) is 18.2 Å². The lowest BCUT2D eigenvalue weighted by Crippen LogP contribution is -2.38. The van der Waals surface area contributed by atoms with Gasteiger partial charge in [-0.05, 0) is 23.7 Å². The standard InChI is InChI=1S/C13H17NOSi/c1-9-8-11(16(2,3)4)13(15)12-10(9)6-5-7-14-12/h5-8,15H,1-4H3. The van der Waals surface area contributed by atoms with Crippen molar-refractivity contribution >= 4 is 24.2 Å². The van der Waals surface area contributed by atoms with E-state index in [0.29, 0.717) is 5.75 Å². The highest BCUT2D eigenvalue weighted by Crippen LogP contribution is 2.25. The number of aryl methyl sites for hydroxylation is 1. The normalized spacial score (nSPS) is 12.0. The lowest BCUT2D eigenvalue weighted by atomic mass is 10.1. The number of aromatic nitrogens is 1. The van der Waals surface area contributed by atoms with Gasteiger partial charge < -0.3 is 5.11 Å². The summed E-state index contributed by atoms with van der Waals surface area (Å²) in [5, 5.41) is 12.4. The van der Waals surface area contributed by atoms with Gasteiger partial charge in [0, 0.05) is 11.6 Å². The molecule has 0 bridgehead atoms. The van der Waals surface area contributed by atoms with Crippen molar-refractivity contribution in [2.24, 2.45) is 0 Å². The molecule has 1 heterocycles. The number of nitrogens with zero attached hydrogens (tertiary/aromatic N) is 1. The molecule has 0 fully saturated rings. The van der Waals surface area contributed by atoms with Crippen molar-refractivity contribution in [2.45, 2.75) is 26.6 Å². The SMILES string of the molecule is Cc1cc([Si](C)(C)C)c(O)c2ncccc12. The van der Waals surface area contributed by atoms with Gasteiger partial charge in [-0.1, -0.05) is 31.8 Å². The Morgan fingerprint density at radius 2 is 1.94 bits per heavy atom. The van der Waals surface area contributed by atoms with Crippen molar-refractivity contribution in [1.82, 2.24) is 4.98 Å². The van der Waals surface area contributed by atoms with Crippen LogP contribution in [0.5, 0.6) is 5.75 Å².